The second-order valence-corrected chi connectivity index (χ2v) is 10.3. The minimum atomic E-state index is -4.64. The first kappa shape index (κ1) is 25.6. The minimum absolute atomic E-state index is 0.0505. The average Bonchev–Trinajstić information content (AvgIpc) is 2.85. The Morgan fingerprint density at radius 1 is 0.944 bits per heavy atom. The summed E-state index contributed by atoms with van der Waals surface area (Å²) in [6, 6.07) is 11.2. The van der Waals surface area contributed by atoms with Gasteiger partial charge in [-0.2, -0.15) is 27.4 Å². The van der Waals surface area contributed by atoms with Gasteiger partial charge in [0.05, 0.1) is 10.5 Å². The molecular formula is C23H24F4N6O2S. The maximum absolute atomic E-state index is 13.2. The van der Waals surface area contributed by atoms with E-state index in [4.69, 9.17) is 0 Å². The third-order valence-corrected chi connectivity index (χ3v) is 7.49. The summed E-state index contributed by atoms with van der Waals surface area (Å²) in [6.07, 6.45) is -4.64. The zero-order valence-electron chi connectivity index (χ0n) is 19.5. The van der Waals surface area contributed by atoms with E-state index < -0.39 is 26.7 Å². The van der Waals surface area contributed by atoms with Crippen molar-refractivity contribution in [1.82, 2.24) is 14.3 Å². The van der Waals surface area contributed by atoms with Gasteiger partial charge in [-0.25, -0.2) is 12.8 Å². The van der Waals surface area contributed by atoms with Gasteiger partial charge < -0.3 is 15.1 Å². The first-order chi connectivity index (χ1) is 16.9. The van der Waals surface area contributed by atoms with Crippen molar-refractivity contribution in [3.8, 4) is 0 Å². The Kier molecular flexibility index (Phi) is 7.05. The summed E-state index contributed by atoms with van der Waals surface area (Å²) in [5.41, 5.74) is -0.389. The van der Waals surface area contributed by atoms with Crippen molar-refractivity contribution in [2.24, 2.45) is 0 Å². The van der Waals surface area contributed by atoms with Crippen LogP contribution in [0.5, 0.6) is 0 Å². The van der Waals surface area contributed by atoms with Crippen LogP contribution in [-0.2, 0) is 16.2 Å². The fourth-order valence-corrected chi connectivity index (χ4v) is 5.12. The molecule has 4 rings (SSSR count). The molecule has 0 aliphatic carbocycles. The van der Waals surface area contributed by atoms with E-state index >= 15 is 0 Å². The molecule has 36 heavy (non-hydrogen) atoms. The molecule has 2 aromatic carbocycles. The number of rotatable bonds is 6. The second-order valence-electron chi connectivity index (χ2n) is 8.35. The number of hydrogen-bond donors (Lipinski definition) is 1. The van der Waals surface area contributed by atoms with E-state index in [1.54, 1.807) is 28.0 Å². The molecule has 1 saturated heterocycles. The number of piperazine rings is 1. The Morgan fingerprint density at radius 3 is 2.22 bits per heavy atom. The van der Waals surface area contributed by atoms with Gasteiger partial charge >= 0.3 is 6.18 Å². The number of sulfonamides is 1. The van der Waals surface area contributed by atoms with Crippen LogP contribution in [0, 0.1) is 5.82 Å². The van der Waals surface area contributed by atoms with Crippen molar-refractivity contribution in [3.63, 3.8) is 0 Å². The molecule has 0 amide bonds. The monoisotopic (exact) mass is 524 g/mol. The highest BCUT2D eigenvalue weighted by Crippen LogP contribution is 2.31. The molecule has 1 aliphatic rings. The molecule has 0 bridgehead atoms. The molecule has 0 atom stereocenters. The molecule has 8 nitrogen and oxygen atoms in total. The van der Waals surface area contributed by atoms with Crippen LogP contribution in [0.1, 0.15) is 5.56 Å². The third kappa shape index (κ3) is 5.68. The van der Waals surface area contributed by atoms with Gasteiger partial charge in [0.15, 0.2) is 0 Å². The van der Waals surface area contributed by atoms with Crippen molar-refractivity contribution < 1.29 is 26.0 Å². The molecule has 1 N–H and O–H groups in total. The fourth-order valence-electron chi connectivity index (χ4n) is 3.65. The first-order valence-electron chi connectivity index (χ1n) is 10.9. The number of alkyl halides is 3. The van der Waals surface area contributed by atoms with E-state index in [0.29, 0.717) is 29.3 Å². The van der Waals surface area contributed by atoms with E-state index in [2.05, 4.69) is 15.3 Å². The van der Waals surface area contributed by atoms with E-state index in [-0.39, 0.29) is 32.0 Å². The van der Waals surface area contributed by atoms with Gasteiger partial charge in [0, 0.05) is 52.0 Å². The van der Waals surface area contributed by atoms with Crippen LogP contribution in [0.4, 0.5) is 40.8 Å². The second kappa shape index (κ2) is 9.90. The number of benzene rings is 2. The largest absolute Gasteiger partial charge is 0.416 e. The normalized spacial score (nSPS) is 15.1. The Bertz CT molecular complexity index is 1330. The predicted molar refractivity (Wildman–Crippen MR) is 128 cm³/mol. The van der Waals surface area contributed by atoms with Gasteiger partial charge in [-0.1, -0.05) is 6.07 Å². The summed E-state index contributed by atoms with van der Waals surface area (Å²) in [5, 5.41) is 3.11. The van der Waals surface area contributed by atoms with Crippen molar-refractivity contribution in [1.29, 1.82) is 0 Å². The number of halogens is 4. The molecule has 13 heteroatoms. The highest BCUT2D eigenvalue weighted by Gasteiger charge is 2.34. The number of anilines is 4. The molecule has 2 heterocycles. The highest BCUT2D eigenvalue weighted by atomic mass is 32.2. The van der Waals surface area contributed by atoms with Crippen LogP contribution in [-0.4, -0.2) is 63.0 Å². The number of hydrogen-bond acceptors (Lipinski definition) is 7. The highest BCUT2D eigenvalue weighted by molar-refractivity contribution is 7.89. The van der Waals surface area contributed by atoms with Crippen molar-refractivity contribution in [2.45, 2.75) is 11.1 Å². The molecule has 1 fully saturated rings. The third-order valence-electron chi connectivity index (χ3n) is 5.60. The zero-order chi connectivity index (χ0) is 26.1. The molecule has 1 aliphatic heterocycles. The van der Waals surface area contributed by atoms with E-state index in [1.807, 2.05) is 14.1 Å². The maximum atomic E-state index is 13.2. The Morgan fingerprint density at radius 2 is 1.61 bits per heavy atom. The topological polar surface area (TPSA) is 81.7 Å². The van der Waals surface area contributed by atoms with Gasteiger partial charge in [0.2, 0.25) is 16.0 Å². The summed E-state index contributed by atoms with van der Waals surface area (Å²) >= 11 is 0. The van der Waals surface area contributed by atoms with Gasteiger partial charge in [-0.05, 0) is 42.5 Å². The standard InChI is InChI=1S/C23H24F4N6O2S/c1-31(2)21-15-20(28-18-8-6-17(24)7-9-18)29-22(30-21)32-10-12-33(13-11-32)36(34,35)19-5-3-4-16(14-19)23(25,26)27/h3-9,14-15H,10-13H2,1-2H3,(H,28,29,30). The Hall–Kier alpha value is -3.45. The van der Waals surface area contributed by atoms with Crippen LogP contribution in [0.2, 0.25) is 0 Å². The van der Waals surface area contributed by atoms with Gasteiger partial charge in [0.1, 0.15) is 17.5 Å². The summed E-state index contributed by atoms with van der Waals surface area (Å²) in [5.74, 6) is 1.07. The molecular weight excluding hydrogens is 500 g/mol. The van der Waals surface area contributed by atoms with Crippen LogP contribution < -0.4 is 15.1 Å². The summed E-state index contributed by atoms with van der Waals surface area (Å²) < 4.78 is 79.6. The molecule has 1 aromatic heterocycles. The number of nitrogens with zero attached hydrogens (tertiary/aromatic N) is 5. The average molecular weight is 525 g/mol. The lowest BCUT2D eigenvalue weighted by atomic mass is 10.2. The summed E-state index contributed by atoms with van der Waals surface area (Å²) in [7, 11) is -0.484. The summed E-state index contributed by atoms with van der Waals surface area (Å²) in [4.78, 5) is 12.3. The minimum Gasteiger partial charge on any atom is -0.363 e. The lowest BCUT2D eigenvalue weighted by molar-refractivity contribution is -0.137. The van der Waals surface area contributed by atoms with Gasteiger partial charge in [0.25, 0.3) is 0 Å². The quantitative estimate of drug-likeness (QED) is 0.489. The van der Waals surface area contributed by atoms with E-state index in [0.717, 1.165) is 22.5 Å². The van der Waals surface area contributed by atoms with Crippen molar-refractivity contribution in [3.05, 3.63) is 66.0 Å². The first-order valence-corrected chi connectivity index (χ1v) is 12.4. The smallest absolute Gasteiger partial charge is 0.363 e. The van der Waals surface area contributed by atoms with Crippen molar-refractivity contribution in [2.75, 3.05) is 55.4 Å². The van der Waals surface area contributed by atoms with E-state index in [9.17, 15) is 26.0 Å². The lowest BCUT2D eigenvalue weighted by Gasteiger charge is -2.34. The molecule has 0 unspecified atom stereocenters. The van der Waals surface area contributed by atoms with Gasteiger partial charge in [-0.3, -0.25) is 0 Å². The molecule has 0 radical (unpaired) electrons. The van der Waals surface area contributed by atoms with Crippen LogP contribution in [0.15, 0.2) is 59.5 Å². The SMILES string of the molecule is CN(C)c1cc(Nc2ccc(F)cc2)nc(N2CCN(S(=O)(=O)c3cccc(C(F)(F)F)c3)CC2)n1. The van der Waals surface area contributed by atoms with Crippen LogP contribution >= 0.6 is 0 Å². The zero-order valence-corrected chi connectivity index (χ0v) is 20.3. The van der Waals surface area contributed by atoms with Gasteiger partial charge in [-0.15, -0.1) is 0 Å². The van der Waals surface area contributed by atoms with Crippen LogP contribution in [0.25, 0.3) is 0 Å². The molecule has 3 aromatic rings. The fraction of sp³-hybridized carbons (Fsp3) is 0.304. The maximum Gasteiger partial charge on any atom is 0.416 e. The number of aromatic nitrogens is 2. The lowest BCUT2D eigenvalue weighted by Crippen LogP contribution is -2.49. The Balaban J connectivity index is 1.52. The predicted octanol–water partition coefficient (Wildman–Crippen LogP) is 3.96. The van der Waals surface area contributed by atoms with E-state index in [1.165, 1.54) is 12.1 Å². The van der Waals surface area contributed by atoms with Crippen LogP contribution in [0.3, 0.4) is 0 Å². The number of nitrogens with one attached hydrogen (secondary N) is 1. The molecule has 0 spiro atoms. The van der Waals surface area contributed by atoms with Crippen molar-refractivity contribution >= 4 is 33.3 Å². The molecule has 192 valence electrons. The Labute approximate surface area is 206 Å². The molecule has 0 saturated carbocycles. The summed E-state index contributed by atoms with van der Waals surface area (Å²) in [6.45, 7) is 0.583.